The highest BCUT2D eigenvalue weighted by Crippen LogP contribution is 2.23. The van der Waals surface area contributed by atoms with Gasteiger partial charge < -0.3 is 15.1 Å². The molecule has 0 rings (SSSR count). The number of unbranched alkanes of at least 4 members (excludes halogenated alkanes) is 1. The van der Waals surface area contributed by atoms with Gasteiger partial charge in [0.05, 0.1) is 6.61 Å². The van der Waals surface area contributed by atoms with Crippen molar-refractivity contribution in [2.45, 2.75) is 39.7 Å². The molecule has 1 atom stereocenters. The predicted octanol–water partition coefficient (Wildman–Crippen LogP) is 1.10. The van der Waals surface area contributed by atoms with Crippen LogP contribution in [0.25, 0.3) is 0 Å². The lowest BCUT2D eigenvalue weighted by atomic mass is 9.86. The van der Waals surface area contributed by atoms with Gasteiger partial charge in [0.1, 0.15) is 0 Å². The van der Waals surface area contributed by atoms with Gasteiger partial charge in [0.2, 0.25) is 0 Å². The number of aliphatic hydroxyl groups excluding tert-OH is 2. The van der Waals surface area contributed by atoms with E-state index >= 15 is 0 Å². The minimum absolute atomic E-state index is 0.0999. The van der Waals surface area contributed by atoms with Gasteiger partial charge in [0.15, 0.2) is 0 Å². The first kappa shape index (κ1) is 13.9. The Balaban J connectivity index is 3.98. The molecule has 3 heteroatoms. The molecule has 0 aliphatic carbocycles. The molecule has 0 heterocycles. The molecular weight excluding hydrogens is 178 g/mol. The summed E-state index contributed by atoms with van der Waals surface area (Å²) in [5, 5.41) is 18.0. The Morgan fingerprint density at radius 1 is 1.14 bits per heavy atom. The summed E-state index contributed by atoms with van der Waals surface area (Å²) in [6, 6.07) is 0.196. The number of rotatable bonds is 6. The maximum Gasteiger partial charge on any atom is 0.0591 e. The zero-order valence-electron chi connectivity index (χ0n) is 9.95. The molecule has 0 saturated heterocycles. The van der Waals surface area contributed by atoms with E-state index in [1.54, 1.807) is 0 Å². The van der Waals surface area contributed by atoms with Gasteiger partial charge in [-0.05, 0) is 31.8 Å². The summed E-state index contributed by atoms with van der Waals surface area (Å²) in [4.78, 5) is 2.18. The van der Waals surface area contributed by atoms with Crippen molar-refractivity contribution < 1.29 is 10.2 Å². The summed E-state index contributed by atoms with van der Waals surface area (Å²) >= 11 is 0. The second-order valence-corrected chi connectivity index (χ2v) is 4.98. The van der Waals surface area contributed by atoms with Crippen molar-refractivity contribution in [1.82, 2.24) is 4.90 Å². The number of nitrogens with zero attached hydrogens (tertiary/aromatic N) is 1. The summed E-state index contributed by atoms with van der Waals surface area (Å²) in [5.74, 6) is 0. The van der Waals surface area contributed by atoms with E-state index in [1.807, 2.05) is 7.05 Å². The van der Waals surface area contributed by atoms with E-state index in [1.165, 1.54) is 0 Å². The Morgan fingerprint density at radius 3 is 2.07 bits per heavy atom. The molecule has 0 aromatic heterocycles. The first-order valence-electron chi connectivity index (χ1n) is 5.35. The van der Waals surface area contributed by atoms with Crippen LogP contribution in [-0.4, -0.2) is 48.0 Å². The van der Waals surface area contributed by atoms with E-state index in [-0.39, 0.29) is 24.7 Å². The van der Waals surface area contributed by atoms with Crippen molar-refractivity contribution in [3.05, 3.63) is 0 Å². The molecule has 3 nitrogen and oxygen atoms in total. The van der Waals surface area contributed by atoms with Crippen molar-refractivity contribution in [1.29, 1.82) is 0 Å². The van der Waals surface area contributed by atoms with Crippen LogP contribution >= 0.6 is 0 Å². The van der Waals surface area contributed by atoms with Crippen LogP contribution in [0.1, 0.15) is 33.6 Å². The second-order valence-electron chi connectivity index (χ2n) is 4.98. The summed E-state index contributed by atoms with van der Waals surface area (Å²) in [6.45, 7) is 7.79. The Labute approximate surface area is 87.7 Å². The third kappa shape index (κ3) is 4.94. The predicted molar refractivity (Wildman–Crippen MR) is 59.3 cm³/mol. The van der Waals surface area contributed by atoms with Crippen molar-refractivity contribution in [2.75, 3.05) is 26.8 Å². The van der Waals surface area contributed by atoms with E-state index in [0.717, 1.165) is 19.4 Å². The largest absolute Gasteiger partial charge is 0.396 e. The molecular formula is C11H25NO2. The van der Waals surface area contributed by atoms with Crippen molar-refractivity contribution in [3.63, 3.8) is 0 Å². The van der Waals surface area contributed by atoms with Crippen LogP contribution in [0.4, 0.5) is 0 Å². The van der Waals surface area contributed by atoms with Gasteiger partial charge in [-0.3, -0.25) is 0 Å². The Kier molecular flexibility index (Phi) is 6.33. The molecule has 0 saturated carbocycles. The number of aliphatic hydroxyl groups is 2. The molecule has 0 aliphatic rings. The first-order chi connectivity index (χ1) is 6.43. The smallest absolute Gasteiger partial charge is 0.0591 e. The lowest BCUT2D eigenvalue weighted by Crippen LogP contribution is -2.44. The fourth-order valence-electron chi connectivity index (χ4n) is 1.70. The topological polar surface area (TPSA) is 43.7 Å². The second kappa shape index (κ2) is 6.38. The molecule has 0 amide bonds. The van der Waals surface area contributed by atoms with Crippen LogP contribution < -0.4 is 0 Å². The highest BCUT2D eigenvalue weighted by Gasteiger charge is 2.26. The Hall–Kier alpha value is -0.120. The third-order valence-electron chi connectivity index (χ3n) is 2.62. The van der Waals surface area contributed by atoms with Crippen LogP contribution in [0.5, 0.6) is 0 Å². The van der Waals surface area contributed by atoms with E-state index in [4.69, 9.17) is 5.11 Å². The summed E-state index contributed by atoms with van der Waals surface area (Å²) < 4.78 is 0. The van der Waals surface area contributed by atoms with Crippen molar-refractivity contribution in [2.24, 2.45) is 5.41 Å². The quantitative estimate of drug-likeness (QED) is 0.635. The molecule has 0 aliphatic heterocycles. The summed E-state index contributed by atoms with van der Waals surface area (Å²) in [6.07, 6.45) is 1.83. The monoisotopic (exact) mass is 203 g/mol. The minimum Gasteiger partial charge on any atom is -0.396 e. The third-order valence-corrected chi connectivity index (χ3v) is 2.62. The molecule has 2 N–H and O–H groups in total. The lowest BCUT2D eigenvalue weighted by molar-refractivity contribution is 0.0643. The lowest BCUT2D eigenvalue weighted by Gasteiger charge is -2.36. The van der Waals surface area contributed by atoms with Crippen LogP contribution in [0.3, 0.4) is 0 Å². The highest BCUT2D eigenvalue weighted by molar-refractivity contribution is 4.80. The van der Waals surface area contributed by atoms with Gasteiger partial charge in [-0.2, -0.15) is 0 Å². The summed E-state index contributed by atoms with van der Waals surface area (Å²) in [5.41, 5.74) is 0.0999. The van der Waals surface area contributed by atoms with Gasteiger partial charge in [-0.1, -0.05) is 20.8 Å². The van der Waals surface area contributed by atoms with Gasteiger partial charge in [-0.25, -0.2) is 0 Å². The van der Waals surface area contributed by atoms with E-state index in [9.17, 15) is 5.11 Å². The number of hydrogen-bond donors (Lipinski definition) is 2. The Bertz CT molecular complexity index is 143. The zero-order chi connectivity index (χ0) is 11.2. The molecule has 0 aromatic rings. The molecule has 1 unspecified atom stereocenters. The SMILES string of the molecule is CN(CCCCO)C(CO)C(C)(C)C. The van der Waals surface area contributed by atoms with Gasteiger partial charge in [0, 0.05) is 12.6 Å². The fraction of sp³-hybridized carbons (Fsp3) is 1.00. The van der Waals surface area contributed by atoms with E-state index in [0.29, 0.717) is 0 Å². The standard InChI is InChI=1S/C11H25NO2/c1-11(2,3)10(9-14)12(4)7-5-6-8-13/h10,13-14H,5-9H2,1-4H3. The first-order valence-corrected chi connectivity index (χ1v) is 5.35. The van der Waals surface area contributed by atoms with Crippen LogP contribution in [0.2, 0.25) is 0 Å². The van der Waals surface area contributed by atoms with Gasteiger partial charge in [-0.15, -0.1) is 0 Å². The summed E-state index contributed by atoms with van der Waals surface area (Å²) in [7, 11) is 2.03. The Morgan fingerprint density at radius 2 is 1.71 bits per heavy atom. The molecule has 0 fully saturated rings. The maximum atomic E-state index is 9.30. The van der Waals surface area contributed by atoms with Crippen LogP contribution in [0.15, 0.2) is 0 Å². The molecule has 0 spiro atoms. The van der Waals surface area contributed by atoms with E-state index < -0.39 is 0 Å². The van der Waals surface area contributed by atoms with Gasteiger partial charge in [0.25, 0.3) is 0 Å². The average molecular weight is 203 g/mol. The molecule has 0 radical (unpaired) electrons. The highest BCUT2D eigenvalue weighted by atomic mass is 16.3. The molecule has 86 valence electrons. The molecule has 0 bridgehead atoms. The van der Waals surface area contributed by atoms with Crippen molar-refractivity contribution in [3.8, 4) is 0 Å². The number of hydrogen-bond acceptors (Lipinski definition) is 3. The fourth-order valence-corrected chi connectivity index (χ4v) is 1.70. The normalized spacial score (nSPS) is 14.8. The number of likely N-dealkylation sites (N-methyl/N-ethyl adjacent to an activating group) is 1. The molecule has 0 aromatic carbocycles. The van der Waals surface area contributed by atoms with E-state index in [2.05, 4.69) is 25.7 Å². The average Bonchev–Trinajstić information content (AvgIpc) is 2.03. The molecule has 14 heavy (non-hydrogen) atoms. The maximum absolute atomic E-state index is 9.30. The zero-order valence-corrected chi connectivity index (χ0v) is 9.95. The van der Waals surface area contributed by atoms with Crippen LogP contribution in [-0.2, 0) is 0 Å². The van der Waals surface area contributed by atoms with Crippen molar-refractivity contribution >= 4 is 0 Å². The van der Waals surface area contributed by atoms with Crippen LogP contribution in [0, 0.1) is 5.41 Å². The van der Waals surface area contributed by atoms with Gasteiger partial charge >= 0.3 is 0 Å². The minimum atomic E-state index is 0.0999.